The average Bonchev–Trinajstić information content (AvgIpc) is 3.15. The number of nitrogens with one attached hydrogen (secondary N) is 2. The molecule has 0 saturated carbocycles. The largest absolute Gasteiger partial charge is 0.381 e. The van der Waals surface area contributed by atoms with E-state index in [1.54, 1.807) is 13.3 Å². The molecule has 2 N–H and O–H groups in total. The van der Waals surface area contributed by atoms with Gasteiger partial charge in [-0.15, -0.1) is 0 Å². The number of ether oxygens (including phenoxy) is 2. The Bertz CT molecular complexity index is 689. The summed E-state index contributed by atoms with van der Waals surface area (Å²) in [5.41, 5.74) is 2.16. The van der Waals surface area contributed by atoms with Gasteiger partial charge in [0.1, 0.15) is 18.2 Å². The van der Waals surface area contributed by atoms with Crippen molar-refractivity contribution in [1.82, 2.24) is 15.0 Å². The summed E-state index contributed by atoms with van der Waals surface area (Å²) in [6, 6.07) is 6.00. The SMILES string of the molecule is COCc1nc(NCCNc2ncccc2C)cc([C@@H]2CCOC2)n1. The van der Waals surface area contributed by atoms with Gasteiger partial charge in [-0.3, -0.25) is 0 Å². The highest BCUT2D eigenvalue weighted by atomic mass is 16.5. The first-order valence-corrected chi connectivity index (χ1v) is 8.60. The molecule has 0 amide bonds. The first-order valence-electron chi connectivity index (χ1n) is 8.60. The van der Waals surface area contributed by atoms with Gasteiger partial charge < -0.3 is 20.1 Å². The van der Waals surface area contributed by atoms with Crippen molar-refractivity contribution in [1.29, 1.82) is 0 Å². The first-order chi connectivity index (χ1) is 12.3. The van der Waals surface area contributed by atoms with Crippen molar-refractivity contribution >= 4 is 11.6 Å². The molecular weight excluding hydrogens is 318 g/mol. The Morgan fingerprint density at radius 2 is 2.16 bits per heavy atom. The number of hydrogen-bond acceptors (Lipinski definition) is 7. The molecule has 1 aliphatic rings. The second kappa shape index (κ2) is 8.73. The highest BCUT2D eigenvalue weighted by Crippen LogP contribution is 2.25. The van der Waals surface area contributed by atoms with Crippen LogP contribution in [0.25, 0.3) is 0 Å². The fourth-order valence-electron chi connectivity index (χ4n) is 2.82. The van der Waals surface area contributed by atoms with Crippen LogP contribution in [0.15, 0.2) is 24.4 Å². The number of aromatic nitrogens is 3. The van der Waals surface area contributed by atoms with Gasteiger partial charge in [0.15, 0.2) is 5.82 Å². The number of pyridine rings is 1. The molecule has 0 radical (unpaired) electrons. The van der Waals surface area contributed by atoms with E-state index in [-0.39, 0.29) is 0 Å². The van der Waals surface area contributed by atoms with E-state index < -0.39 is 0 Å². The highest BCUT2D eigenvalue weighted by Gasteiger charge is 2.20. The van der Waals surface area contributed by atoms with Crippen LogP contribution in [0.5, 0.6) is 0 Å². The second-order valence-electron chi connectivity index (χ2n) is 6.11. The molecule has 2 aromatic heterocycles. The maximum absolute atomic E-state index is 5.48. The van der Waals surface area contributed by atoms with Crippen LogP contribution in [0.1, 0.15) is 29.4 Å². The molecule has 3 heterocycles. The zero-order chi connectivity index (χ0) is 17.5. The van der Waals surface area contributed by atoms with E-state index in [2.05, 4.69) is 25.6 Å². The summed E-state index contributed by atoms with van der Waals surface area (Å²) in [6.45, 7) is 5.46. The summed E-state index contributed by atoms with van der Waals surface area (Å²) in [6.07, 6.45) is 2.80. The number of nitrogens with zero attached hydrogens (tertiary/aromatic N) is 3. The van der Waals surface area contributed by atoms with Crippen molar-refractivity contribution < 1.29 is 9.47 Å². The van der Waals surface area contributed by atoms with Crippen molar-refractivity contribution in [2.24, 2.45) is 0 Å². The third-order valence-electron chi connectivity index (χ3n) is 4.15. The number of aryl methyl sites for hydroxylation is 1. The molecule has 1 aliphatic heterocycles. The molecular formula is C18H25N5O2. The normalized spacial score (nSPS) is 16.8. The summed E-state index contributed by atoms with van der Waals surface area (Å²) < 4.78 is 10.7. The zero-order valence-electron chi connectivity index (χ0n) is 14.8. The van der Waals surface area contributed by atoms with E-state index in [1.807, 2.05) is 25.1 Å². The number of rotatable bonds is 8. The topological polar surface area (TPSA) is 81.2 Å². The van der Waals surface area contributed by atoms with Gasteiger partial charge in [0, 0.05) is 45.0 Å². The third-order valence-corrected chi connectivity index (χ3v) is 4.15. The Balaban J connectivity index is 1.59. The van der Waals surface area contributed by atoms with Crippen LogP contribution in [0.3, 0.4) is 0 Å². The van der Waals surface area contributed by atoms with Crippen LogP contribution in [-0.2, 0) is 16.1 Å². The van der Waals surface area contributed by atoms with Crippen LogP contribution in [-0.4, -0.2) is 48.4 Å². The minimum absolute atomic E-state index is 0.341. The van der Waals surface area contributed by atoms with Crippen molar-refractivity contribution in [3.63, 3.8) is 0 Å². The van der Waals surface area contributed by atoms with Crippen molar-refractivity contribution in [2.45, 2.75) is 25.9 Å². The Morgan fingerprint density at radius 1 is 1.28 bits per heavy atom. The van der Waals surface area contributed by atoms with Crippen LogP contribution in [0.4, 0.5) is 11.6 Å². The van der Waals surface area contributed by atoms with Crippen molar-refractivity contribution in [3.05, 3.63) is 41.5 Å². The molecule has 0 spiro atoms. The minimum Gasteiger partial charge on any atom is -0.381 e. The lowest BCUT2D eigenvalue weighted by molar-refractivity contribution is 0.177. The Labute approximate surface area is 148 Å². The van der Waals surface area contributed by atoms with Gasteiger partial charge in [-0.05, 0) is 25.0 Å². The van der Waals surface area contributed by atoms with Gasteiger partial charge >= 0.3 is 0 Å². The van der Waals surface area contributed by atoms with Gasteiger partial charge in [0.25, 0.3) is 0 Å². The highest BCUT2D eigenvalue weighted by molar-refractivity contribution is 5.43. The molecule has 1 atom stereocenters. The van der Waals surface area contributed by atoms with Gasteiger partial charge in [-0.25, -0.2) is 15.0 Å². The summed E-state index contributed by atoms with van der Waals surface area (Å²) in [4.78, 5) is 13.5. The maximum atomic E-state index is 5.48. The van der Waals surface area contributed by atoms with Crippen LogP contribution < -0.4 is 10.6 Å². The third kappa shape index (κ3) is 4.87. The quantitative estimate of drug-likeness (QED) is 0.712. The number of anilines is 2. The maximum Gasteiger partial charge on any atom is 0.156 e. The Morgan fingerprint density at radius 3 is 2.92 bits per heavy atom. The van der Waals surface area contributed by atoms with E-state index in [1.165, 1.54) is 0 Å². The van der Waals surface area contributed by atoms with E-state index in [0.717, 1.165) is 55.6 Å². The fourth-order valence-corrected chi connectivity index (χ4v) is 2.82. The van der Waals surface area contributed by atoms with Crippen LogP contribution in [0, 0.1) is 6.92 Å². The van der Waals surface area contributed by atoms with Crippen molar-refractivity contribution in [2.75, 3.05) is 44.0 Å². The summed E-state index contributed by atoms with van der Waals surface area (Å²) in [7, 11) is 1.65. The molecule has 1 fully saturated rings. The van der Waals surface area contributed by atoms with Gasteiger partial charge in [0.2, 0.25) is 0 Å². The average molecular weight is 343 g/mol. The molecule has 1 saturated heterocycles. The molecule has 25 heavy (non-hydrogen) atoms. The molecule has 0 bridgehead atoms. The van der Waals surface area contributed by atoms with Gasteiger partial charge in [-0.1, -0.05) is 6.07 Å². The van der Waals surface area contributed by atoms with E-state index in [4.69, 9.17) is 9.47 Å². The Kier molecular flexibility index (Phi) is 6.14. The molecule has 0 unspecified atom stereocenters. The molecule has 7 nitrogen and oxygen atoms in total. The van der Waals surface area contributed by atoms with Crippen LogP contribution >= 0.6 is 0 Å². The lowest BCUT2D eigenvalue weighted by atomic mass is 10.0. The number of methoxy groups -OCH3 is 1. The lowest BCUT2D eigenvalue weighted by Crippen LogP contribution is -2.17. The standard InChI is InChI=1S/C18H25N5O2/c1-13-4-3-6-20-18(13)21-8-7-19-16-10-15(14-5-9-25-11-14)22-17(23-16)12-24-2/h3-4,6,10,14H,5,7-9,11-12H2,1-2H3,(H,20,21)(H,19,22,23)/t14-/m1/s1. The van der Waals surface area contributed by atoms with Crippen molar-refractivity contribution in [3.8, 4) is 0 Å². The number of hydrogen-bond donors (Lipinski definition) is 2. The predicted molar refractivity (Wildman–Crippen MR) is 96.9 cm³/mol. The molecule has 7 heteroatoms. The van der Waals surface area contributed by atoms with E-state index >= 15 is 0 Å². The summed E-state index contributed by atoms with van der Waals surface area (Å²) in [5.74, 6) is 2.77. The Hall–Kier alpha value is -2.25. The van der Waals surface area contributed by atoms with E-state index in [9.17, 15) is 0 Å². The first kappa shape index (κ1) is 17.6. The second-order valence-corrected chi connectivity index (χ2v) is 6.11. The van der Waals surface area contributed by atoms with E-state index in [0.29, 0.717) is 18.3 Å². The zero-order valence-corrected chi connectivity index (χ0v) is 14.8. The monoisotopic (exact) mass is 343 g/mol. The van der Waals surface area contributed by atoms with Gasteiger partial charge in [0.05, 0.1) is 12.3 Å². The molecule has 3 rings (SSSR count). The van der Waals surface area contributed by atoms with Crippen LogP contribution in [0.2, 0.25) is 0 Å². The molecule has 134 valence electrons. The fraction of sp³-hybridized carbons (Fsp3) is 0.500. The van der Waals surface area contributed by atoms with Gasteiger partial charge in [-0.2, -0.15) is 0 Å². The minimum atomic E-state index is 0.341. The molecule has 0 aliphatic carbocycles. The molecule has 2 aromatic rings. The molecule has 0 aromatic carbocycles. The summed E-state index contributed by atoms with van der Waals surface area (Å²) in [5, 5.41) is 6.69. The summed E-state index contributed by atoms with van der Waals surface area (Å²) >= 11 is 0. The predicted octanol–water partition coefficient (Wildman–Crippen LogP) is 2.35. The smallest absolute Gasteiger partial charge is 0.156 e. The lowest BCUT2D eigenvalue weighted by Gasteiger charge is -2.13.